The zero-order valence-corrected chi connectivity index (χ0v) is 17.7. The third kappa shape index (κ3) is 3.51. The van der Waals surface area contributed by atoms with Crippen LogP contribution in [-0.2, 0) is 24.2 Å². The first-order valence-corrected chi connectivity index (χ1v) is 10.8. The molecule has 150 valence electrons. The van der Waals surface area contributed by atoms with Gasteiger partial charge in [0, 0.05) is 30.6 Å². The van der Waals surface area contributed by atoms with Gasteiger partial charge in [0.15, 0.2) is 11.5 Å². The van der Waals surface area contributed by atoms with Crippen molar-refractivity contribution in [3.05, 3.63) is 45.1 Å². The fourth-order valence-electron chi connectivity index (χ4n) is 4.49. The topological polar surface area (TPSA) is 42.0 Å². The summed E-state index contributed by atoms with van der Waals surface area (Å²) in [6.07, 6.45) is 2.95. The van der Waals surface area contributed by atoms with Crippen molar-refractivity contribution in [2.75, 3.05) is 33.9 Å². The van der Waals surface area contributed by atoms with Crippen LogP contribution in [0.5, 0.6) is 11.5 Å². The van der Waals surface area contributed by atoms with Gasteiger partial charge in [-0.05, 0) is 59.5 Å². The van der Waals surface area contributed by atoms with Gasteiger partial charge in [-0.2, -0.15) is 0 Å². The molecule has 0 fully saturated rings. The van der Waals surface area contributed by atoms with Crippen molar-refractivity contribution in [2.24, 2.45) is 0 Å². The van der Waals surface area contributed by atoms with Gasteiger partial charge in [0.05, 0.1) is 20.8 Å². The average Bonchev–Trinajstić information content (AvgIpc) is 3.20. The Balaban J connectivity index is 1.47. The number of carbonyl (C=O) groups excluding carboxylic acids is 1. The second-order valence-electron chi connectivity index (χ2n) is 7.48. The lowest BCUT2D eigenvalue weighted by atomic mass is 9.97. The lowest BCUT2D eigenvalue weighted by Gasteiger charge is -2.37. The van der Waals surface area contributed by atoms with Crippen molar-refractivity contribution in [3.8, 4) is 11.5 Å². The number of amides is 1. The number of thiophene rings is 1. The Labute approximate surface area is 170 Å². The molecule has 2 aliphatic rings. The number of hydrogen-bond acceptors (Lipinski definition) is 5. The molecule has 1 aromatic heterocycles. The summed E-state index contributed by atoms with van der Waals surface area (Å²) in [5.74, 6) is 1.70. The van der Waals surface area contributed by atoms with Crippen LogP contribution in [0, 0.1) is 0 Å². The standard InChI is InChI=1S/C22H28N2O3S/c1-4-18-17-7-10-28-21(17)6-9-23(18)14-22(25)24-8-5-15-11-19(26-2)20(27-3)12-16(15)13-24/h7,10-12,18H,4-6,8-9,13-14H2,1-3H3. The molecule has 3 heterocycles. The van der Waals surface area contributed by atoms with Crippen molar-refractivity contribution < 1.29 is 14.3 Å². The Morgan fingerprint density at radius 2 is 1.89 bits per heavy atom. The first kappa shape index (κ1) is 19.3. The van der Waals surface area contributed by atoms with Crippen molar-refractivity contribution in [3.63, 3.8) is 0 Å². The predicted octanol–water partition coefficient (Wildman–Crippen LogP) is 3.66. The number of nitrogens with zero attached hydrogens (tertiary/aromatic N) is 2. The largest absolute Gasteiger partial charge is 0.493 e. The second-order valence-corrected chi connectivity index (χ2v) is 8.49. The van der Waals surface area contributed by atoms with Crippen LogP contribution in [-0.4, -0.2) is 49.6 Å². The van der Waals surface area contributed by atoms with Crippen molar-refractivity contribution >= 4 is 17.2 Å². The van der Waals surface area contributed by atoms with E-state index in [9.17, 15) is 4.79 Å². The van der Waals surface area contributed by atoms with Crippen LogP contribution in [0.15, 0.2) is 23.6 Å². The molecular weight excluding hydrogens is 372 g/mol. The minimum absolute atomic E-state index is 0.220. The molecule has 0 radical (unpaired) electrons. The molecule has 1 unspecified atom stereocenters. The van der Waals surface area contributed by atoms with E-state index in [1.807, 2.05) is 28.4 Å². The molecule has 0 bridgehead atoms. The molecule has 5 nitrogen and oxygen atoms in total. The second kappa shape index (κ2) is 8.13. The number of hydrogen-bond donors (Lipinski definition) is 0. The maximum atomic E-state index is 13.1. The average molecular weight is 401 g/mol. The maximum Gasteiger partial charge on any atom is 0.237 e. The summed E-state index contributed by atoms with van der Waals surface area (Å²) >= 11 is 1.85. The zero-order chi connectivity index (χ0) is 19.7. The van der Waals surface area contributed by atoms with Crippen molar-refractivity contribution in [1.82, 2.24) is 9.80 Å². The van der Waals surface area contributed by atoms with Crippen molar-refractivity contribution in [2.45, 2.75) is 38.8 Å². The van der Waals surface area contributed by atoms with Crippen LogP contribution in [0.25, 0.3) is 0 Å². The highest BCUT2D eigenvalue weighted by atomic mass is 32.1. The van der Waals surface area contributed by atoms with E-state index < -0.39 is 0 Å². The van der Waals surface area contributed by atoms with E-state index in [1.165, 1.54) is 16.0 Å². The maximum absolute atomic E-state index is 13.1. The van der Waals surface area contributed by atoms with Crippen LogP contribution in [0.3, 0.4) is 0 Å². The molecule has 2 aliphatic heterocycles. The Hall–Kier alpha value is -2.05. The van der Waals surface area contributed by atoms with Gasteiger partial charge < -0.3 is 14.4 Å². The predicted molar refractivity (Wildman–Crippen MR) is 111 cm³/mol. The summed E-state index contributed by atoms with van der Waals surface area (Å²) < 4.78 is 10.9. The molecule has 1 atom stereocenters. The normalized spacial score (nSPS) is 19.1. The summed E-state index contributed by atoms with van der Waals surface area (Å²) in [5, 5.41) is 2.18. The van der Waals surface area contributed by atoms with Gasteiger partial charge in [0.2, 0.25) is 5.91 Å². The summed E-state index contributed by atoms with van der Waals surface area (Å²) in [5.41, 5.74) is 3.82. The number of fused-ring (bicyclic) bond motifs is 2. The van der Waals surface area contributed by atoms with Crippen LogP contribution in [0.2, 0.25) is 0 Å². The Morgan fingerprint density at radius 1 is 1.14 bits per heavy atom. The van der Waals surface area contributed by atoms with E-state index in [0.717, 1.165) is 49.4 Å². The summed E-state index contributed by atoms with van der Waals surface area (Å²) in [6.45, 7) is 5.08. The van der Waals surface area contributed by atoms with E-state index in [-0.39, 0.29) is 5.91 Å². The fraction of sp³-hybridized carbons (Fsp3) is 0.500. The zero-order valence-electron chi connectivity index (χ0n) is 16.9. The molecule has 28 heavy (non-hydrogen) atoms. The molecule has 4 rings (SSSR count). The number of rotatable bonds is 5. The minimum atomic E-state index is 0.220. The molecule has 1 amide bonds. The van der Waals surface area contributed by atoms with Crippen LogP contribution in [0.4, 0.5) is 0 Å². The van der Waals surface area contributed by atoms with Gasteiger partial charge in [0.1, 0.15) is 0 Å². The van der Waals surface area contributed by atoms with Crippen molar-refractivity contribution in [1.29, 1.82) is 0 Å². The first-order valence-electron chi connectivity index (χ1n) is 9.96. The van der Waals surface area contributed by atoms with Crippen LogP contribution < -0.4 is 9.47 Å². The molecule has 6 heteroatoms. The van der Waals surface area contributed by atoms with Crippen LogP contribution >= 0.6 is 11.3 Å². The molecule has 0 N–H and O–H groups in total. The molecule has 0 saturated heterocycles. The third-order valence-electron chi connectivity index (χ3n) is 6.00. The Kier molecular flexibility index (Phi) is 5.60. The Bertz CT molecular complexity index is 863. The SMILES string of the molecule is CCC1c2ccsc2CCN1CC(=O)N1CCc2cc(OC)c(OC)cc2C1. The molecule has 1 aromatic carbocycles. The van der Waals surface area contributed by atoms with E-state index in [4.69, 9.17) is 9.47 Å². The summed E-state index contributed by atoms with van der Waals surface area (Å²) in [4.78, 5) is 18.9. The van der Waals surface area contributed by atoms with E-state index in [0.29, 0.717) is 19.1 Å². The molecule has 0 spiro atoms. The number of benzene rings is 1. The van der Waals surface area contributed by atoms with Gasteiger partial charge in [0.25, 0.3) is 0 Å². The van der Waals surface area contributed by atoms with Gasteiger partial charge >= 0.3 is 0 Å². The monoisotopic (exact) mass is 400 g/mol. The molecule has 2 aromatic rings. The third-order valence-corrected chi connectivity index (χ3v) is 7.00. The van der Waals surface area contributed by atoms with E-state index in [1.54, 1.807) is 14.2 Å². The fourth-order valence-corrected chi connectivity index (χ4v) is 5.41. The number of methoxy groups -OCH3 is 2. The first-order chi connectivity index (χ1) is 13.6. The number of ether oxygens (including phenoxy) is 2. The summed E-state index contributed by atoms with van der Waals surface area (Å²) in [6, 6.07) is 6.66. The van der Waals surface area contributed by atoms with Gasteiger partial charge in [-0.1, -0.05) is 6.92 Å². The number of carbonyl (C=O) groups is 1. The highest BCUT2D eigenvalue weighted by Crippen LogP contribution is 2.36. The molecular formula is C22H28N2O3S. The molecule has 0 saturated carbocycles. The highest BCUT2D eigenvalue weighted by molar-refractivity contribution is 7.10. The Morgan fingerprint density at radius 3 is 2.61 bits per heavy atom. The lowest BCUT2D eigenvalue weighted by molar-refractivity contribution is -0.134. The van der Waals surface area contributed by atoms with Crippen LogP contribution in [0.1, 0.15) is 41.0 Å². The van der Waals surface area contributed by atoms with E-state index in [2.05, 4.69) is 23.3 Å². The van der Waals surface area contributed by atoms with Gasteiger partial charge in [-0.3, -0.25) is 9.69 Å². The quantitative estimate of drug-likeness (QED) is 0.768. The van der Waals surface area contributed by atoms with Gasteiger partial charge in [-0.15, -0.1) is 11.3 Å². The van der Waals surface area contributed by atoms with Gasteiger partial charge in [-0.25, -0.2) is 0 Å². The minimum Gasteiger partial charge on any atom is -0.493 e. The molecule has 0 aliphatic carbocycles. The smallest absolute Gasteiger partial charge is 0.237 e. The van der Waals surface area contributed by atoms with E-state index >= 15 is 0 Å². The summed E-state index contributed by atoms with van der Waals surface area (Å²) in [7, 11) is 3.31. The lowest BCUT2D eigenvalue weighted by Crippen LogP contribution is -2.45. The highest BCUT2D eigenvalue weighted by Gasteiger charge is 2.30.